The van der Waals surface area contributed by atoms with Gasteiger partial charge >= 0.3 is 0 Å². The zero-order chi connectivity index (χ0) is 15.2. The number of nitrogens with one attached hydrogen (secondary N) is 1. The molecular formula is C15H16BrF2NOS. The molecule has 0 spiro atoms. The Hall–Kier alpha value is -0.980. The summed E-state index contributed by atoms with van der Waals surface area (Å²) in [7, 11) is 0. The summed E-state index contributed by atoms with van der Waals surface area (Å²) in [6.45, 7) is 3.43. The van der Waals surface area contributed by atoms with Gasteiger partial charge in [-0.2, -0.15) is 0 Å². The van der Waals surface area contributed by atoms with Crippen molar-refractivity contribution in [3.05, 3.63) is 50.1 Å². The summed E-state index contributed by atoms with van der Waals surface area (Å²) in [5, 5.41) is 5.00. The van der Waals surface area contributed by atoms with Crippen molar-refractivity contribution in [3.63, 3.8) is 0 Å². The highest BCUT2D eigenvalue weighted by Crippen LogP contribution is 2.28. The molecule has 1 N–H and O–H groups in total. The molecule has 0 amide bonds. The molecule has 0 aliphatic rings. The first kappa shape index (κ1) is 16.4. The van der Waals surface area contributed by atoms with Gasteiger partial charge in [0.2, 0.25) is 0 Å². The lowest BCUT2D eigenvalue weighted by Gasteiger charge is -2.10. The van der Waals surface area contributed by atoms with Crippen molar-refractivity contribution < 1.29 is 13.5 Å². The van der Waals surface area contributed by atoms with E-state index in [0.717, 1.165) is 22.3 Å². The Kier molecular flexibility index (Phi) is 6.14. The van der Waals surface area contributed by atoms with Crippen molar-refractivity contribution in [2.45, 2.75) is 26.5 Å². The van der Waals surface area contributed by atoms with Crippen LogP contribution in [0.3, 0.4) is 0 Å². The molecule has 0 bridgehead atoms. The summed E-state index contributed by atoms with van der Waals surface area (Å²) in [5.74, 6) is -1.67. The van der Waals surface area contributed by atoms with E-state index in [4.69, 9.17) is 4.74 Å². The number of halogens is 3. The fraction of sp³-hybridized carbons (Fsp3) is 0.333. The fourth-order valence-electron chi connectivity index (χ4n) is 1.83. The van der Waals surface area contributed by atoms with Crippen LogP contribution < -0.4 is 10.1 Å². The summed E-state index contributed by atoms with van der Waals surface area (Å²) >= 11 is 4.83. The van der Waals surface area contributed by atoms with Crippen molar-refractivity contribution >= 4 is 27.3 Å². The second kappa shape index (κ2) is 7.87. The van der Waals surface area contributed by atoms with E-state index in [9.17, 15) is 8.78 Å². The molecule has 114 valence electrons. The van der Waals surface area contributed by atoms with Gasteiger partial charge in [0.1, 0.15) is 6.61 Å². The van der Waals surface area contributed by atoms with Crippen LogP contribution in [0.25, 0.3) is 0 Å². The van der Waals surface area contributed by atoms with Crippen molar-refractivity contribution in [1.82, 2.24) is 5.32 Å². The molecule has 1 aromatic carbocycles. The van der Waals surface area contributed by atoms with Crippen LogP contribution in [-0.2, 0) is 13.2 Å². The average Bonchev–Trinajstić information content (AvgIpc) is 2.84. The van der Waals surface area contributed by atoms with Gasteiger partial charge in [-0.3, -0.25) is 0 Å². The molecule has 1 heterocycles. The van der Waals surface area contributed by atoms with Gasteiger partial charge in [-0.1, -0.05) is 6.92 Å². The highest BCUT2D eigenvalue weighted by molar-refractivity contribution is 9.10. The molecule has 0 saturated heterocycles. The standard InChI is InChI=1S/C15H16BrF2NOS/c1-2-4-19-8-10-6-12(17)15(13(18)7-10)20-9-14-11(16)3-5-21-14/h3,5-7,19H,2,4,8-9H2,1H3. The van der Waals surface area contributed by atoms with E-state index in [0.29, 0.717) is 12.1 Å². The average molecular weight is 376 g/mol. The summed E-state index contributed by atoms with van der Waals surface area (Å²) in [6.07, 6.45) is 0.974. The van der Waals surface area contributed by atoms with Gasteiger partial charge in [0.15, 0.2) is 17.4 Å². The SMILES string of the molecule is CCCNCc1cc(F)c(OCc2sccc2Br)c(F)c1. The van der Waals surface area contributed by atoms with Crippen molar-refractivity contribution in [1.29, 1.82) is 0 Å². The minimum atomic E-state index is -0.670. The maximum atomic E-state index is 13.9. The summed E-state index contributed by atoms with van der Waals surface area (Å²) < 4.78 is 34.1. The highest BCUT2D eigenvalue weighted by atomic mass is 79.9. The van der Waals surface area contributed by atoms with Crippen molar-refractivity contribution in [3.8, 4) is 5.75 Å². The van der Waals surface area contributed by atoms with Gasteiger partial charge in [-0.25, -0.2) is 8.78 Å². The predicted octanol–water partition coefficient (Wildman–Crippen LogP) is 4.87. The second-order valence-corrected chi connectivity index (χ2v) is 6.40. The third kappa shape index (κ3) is 4.49. The summed E-state index contributed by atoms with van der Waals surface area (Å²) in [6, 6.07) is 4.49. The molecule has 2 nitrogen and oxygen atoms in total. The molecule has 21 heavy (non-hydrogen) atoms. The summed E-state index contributed by atoms with van der Waals surface area (Å²) in [5.41, 5.74) is 0.572. The Bertz CT molecular complexity index is 580. The first-order chi connectivity index (χ1) is 10.1. The maximum Gasteiger partial charge on any atom is 0.191 e. The fourth-order valence-corrected chi connectivity index (χ4v) is 3.21. The van der Waals surface area contributed by atoms with Crippen molar-refractivity contribution in [2.24, 2.45) is 0 Å². The minimum absolute atomic E-state index is 0.138. The third-order valence-corrected chi connectivity index (χ3v) is 4.75. The van der Waals surface area contributed by atoms with Crippen LogP contribution in [0.2, 0.25) is 0 Å². The number of rotatable bonds is 7. The highest BCUT2D eigenvalue weighted by Gasteiger charge is 2.14. The smallest absolute Gasteiger partial charge is 0.191 e. The molecule has 0 aliphatic heterocycles. The van der Waals surface area contributed by atoms with Crippen LogP contribution in [0.1, 0.15) is 23.8 Å². The number of thiophene rings is 1. The van der Waals surface area contributed by atoms with E-state index in [1.54, 1.807) is 0 Å². The first-order valence-corrected chi connectivity index (χ1v) is 8.32. The van der Waals surface area contributed by atoms with E-state index in [-0.39, 0.29) is 12.4 Å². The molecule has 0 unspecified atom stereocenters. The van der Waals surface area contributed by atoms with Gasteiger partial charge in [0.25, 0.3) is 0 Å². The second-order valence-electron chi connectivity index (χ2n) is 4.55. The Morgan fingerprint density at radius 1 is 1.29 bits per heavy atom. The predicted molar refractivity (Wildman–Crippen MR) is 84.7 cm³/mol. The van der Waals surface area contributed by atoms with Gasteiger partial charge in [-0.15, -0.1) is 11.3 Å². The van der Waals surface area contributed by atoms with E-state index in [1.165, 1.54) is 23.5 Å². The van der Waals surface area contributed by atoms with Crippen molar-refractivity contribution in [2.75, 3.05) is 6.54 Å². The zero-order valence-electron chi connectivity index (χ0n) is 11.6. The molecule has 0 aliphatic carbocycles. The Morgan fingerprint density at radius 3 is 2.57 bits per heavy atom. The van der Waals surface area contributed by atoms with Crippen LogP contribution in [0.4, 0.5) is 8.78 Å². The van der Waals surface area contributed by atoms with Crippen LogP contribution in [-0.4, -0.2) is 6.54 Å². The monoisotopic (exact) mass is 375 g/mol. The molecule has 0 atom stereocenters. The van der Waals surface area contributed by atoms with Crippen LogP contribution in [0, 0.1) is 11.6 Å². The molecular weight excluding hydrogens is 360 g/mol. The molecule has 2 aromatic rings. The quantitative estimate of drug-likeness (QED) is 0.697. The Morgan fingerprint density at radius 2 is 2.00 bits per heavy atom. The summed E-state index contributed by atoms with van der Waals surface area (Å²) in [4.78, 5) is 0.891. The molecule has 6 heteroatoms. The van der Waals surface area contributed by atoms with E-state index in [1.807, 2.05) is 18.4 Å². The van der Waals surface area contributed by atoms with Crippen LogP contribution >= 0.6 is 27.3 Å². The van der Waals surface area contributed by atoms with E-state index in [2.05, 4.69) is 21.2 Å². The molecule has 2 rings (SSSR count). The largest absolute Gasteiger partial charge is 0.482 e. The lowest BCUT2D eigenvalue weighted by atomic mass is 10.2. The number of hydrogen-bond donors (Lipinski definition) is 1. The number of hydrogen-bond acceptors (Lipinski definition) is 3. The maximum absolute atomic E-state index is 13.9. The van der Waals surface area contributed by atoms with Crippen LogP contribution in [0.15, 0.2) is 28.1 Å². The van der Waals surface area contributed by atoms with Gasteiger partial charge < -0.3 is 10.1 Å². The topological polar surface area (TPSA) is 21.3 Å². The van der Waals surface area contributed by atoms with Gasteiger partial charge in [-0.05, 0) is 58.0 Å². The lowest BCUT2D eigenvalue weighted by Crippen LogP contribution is -2.14. The third-order valence-electron chi connectivity index (χ3n) is 2.85. The first-order valence-electron chi connectivity index (χ1n) is 6.65. The van der Waals surface area contributed by atoms with E-state index >= 15 is 0 Å². The zero-order valence-corrected chi connectivity index (χ0v) is 14.0. The molecule has 0 fully saturated rings. The lowest BCUT2D eigenvalue weighted by molar-refractivity contribution is 0.276. The van der Waals surface area contributed by atoms with Crippen LogP contribution in [0.5, 0.6) is 5.75 Å². The Balaban J connectivity index is 2.04. The number of ether oxygens (including phenoxy) is 1. The van der Waals surface area contributed by atoms with Gasteiger partial charge in [0, 0.05) is 11.0 Å². The Labute approximate surface area is 135 Å². The van der Waals surface area contributed by atoms with E-state index < -0.39 is 11.6 Å². The molecule has 0 radical (unpaired) electrons. The molecule has 0 saturated carbocycles. The van der Waals surface area contributed by atoms with Gasteiger partial charge in [0.05, 0.1) is 4.88 Å². The minimum Gasteiger partial charge on any atom is -0.482 e. The molecule has 1 aromatic heterocycles. The number of benzene rings is 1. The normalized spacial score (nSPS) is 10.9.